The highest BCUT2D eigenvalue weighted by Crippen LogP contribution is 2.21. The van der Waals surface area contributed by atoms with E-state index in [1.807, 2.05) is 0 Å². The Balaban J connectivity index is 2.10. The highest BCUT2D eigenvalue weighted by Gasteiger charge is 2.27. The van der Waals surface area contributed by atoms with Crippen molar-refractivity contribution >= 4 is 27.3 Å². The van der Waals surface area contributed by atoms with Crippen LogP contribution in [0.15, 0.2) is 16.3 Å². The van der Waals surface area contributed by atoms with E-state index in [4.69, 9.17) is 5.73 Å². The topological polar surface area (TPSA) is 101 Å². The third-order valence-electron chi connectivity index (χ3n) is 2.40. The van der Waals surface area contributed by atoms with Crippen molar-refractivity contribution in [1.82, 2.24) is 10.0 Å². The largest absolute Gasteiger partial charge is 0.354 e. The summed E-state index contributed by atoms with van der Waals surface area (Å²) in [6.45, 7) is 0.664. The van der Waals surface area contributed by atoms with Crippen molar-refractivity contribution in [2.75, 3.05) is 6.54 Å². The van der Waals surface area contributed by atoms with Gasteiger partial charge in [-0.05, 0) is 12.1 Å². The molecule has 1 atom stereocenters. The lowest BCUT2D eigenvalue weighted by Crippen LogP contribution is -2.35. The lowest BCUT2D eigenvalue weighted by molar-refractivity contribution is -0.119. The molecule has 0 spiro atoms. The maximum Gasteiger partial charge on any atom is 0.250 e. The summed E-state index contributed by atoms with van der Waals surface area (Å²) in [7, 11) is -3.54. The Bertz CT molecular complexity index is 523. The summed E-state index contributed by atoms with van der Waals surface area (Å²) in [6.07, 6.45) is 0.189. The fourth-order valence-electron chi connectivity index (χ4n) is 1.58. The van der Waals surface area contributed by atoms with Crippen LogP contribution < -0.4 is 15.8 Å². The van der Waals surface area contributed by atoms with Crippen LogP contribution in [0.25, 0.3) is 0 Å². The van der Waals surface area contributed by atoms with Gasteiger partial charge in [0.25, 0.3) is 0 Å². The van der Waals surface area contributed by atoms with Gasteiger partial charge in [-0.2, -0.15) is 0 Å². The van der Waals surface area contributed by atoms with E-state index < -0.39 is 10.0 Å². The van der Waals surface area contributed by atoms with Crippen LogP contribution in [0.4, 0.5) is 0 Å². The summed E-state index contributed by atoms with van der Waals surface area (Å²) in [5, 5.41) is 2.58. The van der Waals surface area contributed by atoms with E-state index in [-0.39, 0.29) is 22.6 Å². The first-order chi connectivity index (χ1) is 8.01. The minimum absolute atomic E-state index is 0.133. The second kappa shape index (κ2) is 4.73. The smallest absolute Gasteiger partial charge is 0.250 e. The summed E-state index contributed by atoms with van der Waals surface area (Å²) in [5.74, 6) is -0.133. The van der Waals surface area contributed by atoms with Gasteiger partial charge in [0, 0.05) is 30.4 Å². The number of nitrogens with one attached hydrogen (secondary N) is 2. The SMILES string of the molecule is NCc1ccc(S(=O)(=O)NC2CNC(=O)C2)s1. The Morgan fingerprint density at radius 2 is 2.29 bits per heavy atom. The molecule has 1 unspecified atom stereocenters. The van der Waals surface area contributed by atoms with Crippen LogP contribution >= 0.6 is 11.3 Å². The predicted octanol–water partition coefficient (Wildman–Crippen LogP) is -0.626. The van der Waals surface area contributed by atoms with Crippen molar-refractivity contribution < 1.29 is 13.2 Å². The molecule has 0 radical (unpaired) electrons. The van der Waals surface area contributed by atoms with Crippen molar-refractivity contribution in [2.24, 2.45) is 5.73 Å². The molecule has 6 nitrogen and oxygen atoms in total. The molecular formula is C9H13N3O3S2. The summed E-state index contributed by atoms with van der Waals surface area (Å²) in [4.78, 5) is 11.8. The van der Waals surface area contributed by atoms with Gasteiger partial charge in [-0.15, -0.1) is 11.3 Å². The number of carbonyl (C=O) groups is 1. The Hall–Kier alpha value is -0.960. The van der Waals surface area contributed by atoms with Gasteiger partial charge in [-0.3, -0.25) is 4.79 Å². The second-order valence-corrected chi connectivity index (χ2v) is 6.86. The molecule has 1 saturated heterocycles. The molecule has 94 valence electrons. The van der Waals surface area contributed by atoms with Crippen LogP contribution in [0.3, 0.4) is 0 Å². The molecule has 2 heterocycles. The van der Waals surface area contributed by atoms with Gasteiger partial charge < -0.3 is 11.1 Å². The van der Waals surface area contributed by atoms with Crippen molar-refractivity contribution in [3.63, 3.8) is 0 Å². The highest BCUT2D eigenvalue weighted by molar-refractivity contribution is 7.91. The number of hydrogen-bond acceptors (Lipinski definition) is 5. The Kier molecular flexibility index (Phi) is 3.48. The first-order valence-electron chi connectivity index (χ1n) is 5.09. The molecule has 4 N–H and O–H groups in total. The van der Waals surface area contributed by atoms with Crippen LogP contribution in [-0.2, 0) is 21.4 Å². The molecule has 17 heavy (non-hydrogen) atoms. The van der Waals surface area contributed by atoms with Gasteiger partial charge in [0.05, 0.1) is 0 Å². The molecule has 1 amide bonds. The minimum atomic E-state index is -3.54. The fraction of sp³-hybridized carbons (Fsp3) is 0.444. The molecule has 1 aromatic rings. The maximum absolute atomic E-state index is 11.9. The van der Waals surface area contributed by atoms with Gasteiger partial charge >= 0.3 is 0 Å². The van der Waals surface area contributed by atoms with Crippen molar-refractivity contribution in [3.8, 4) is 0 Å². The Morgan fingerprint density at radius 3 is 2.82 bits per heavy atom. The molecule has 0 saturated carbocycles. The number of carbonyl (C=O) groups excluding carboxylic acids is 1. The van der Waals surface area contributed by atoms with Crippen molar-refractivity contribution in [3.05, 3.63) is 17.0 Å². The number of amides is 1. The zero-order valence-electron chi connectivity index (χ0n) is 8.97. The zero-order valence-corrected chi connectivity index (χ0v) is 10.6. The monoisotopic (exact) mass is 275 g/mol. The van der Waals surface area contributed by atoms with Gasteiger partial charge in [-0.25, -0.2) is 13.1 Å². The molecule has 0 aliphatic carbocycles. The normalized spacial score (nSPS) is 20.5. The standard InChI is InChI=1S/C9H13N3O3S2/c10-4-7-1-2-9(16-7)17(14,15)12-6-3-8(13)11-5-6/h1-2,6,12H,3-5,10H2,(H,11,13). The Morgan fingerprint density at radius 1 is 1.53 bits per heavy atom. The van der Waals surface area contributed by atoms with Crippen molar-refractivity contribution in [1.29, 1.82) is 0 Å². The average Bonchev–Trinajstić information content (AvgIpc) is 2.86. The molecule has 8 heteroatoms. The van der Waals surface area contributed by atoms with E-state index in [9.17, 15) is 13.2 Å². The number of nitrogens with two attached hydrogens (primary N) is 1. The number of sulfonamides is 1. The minimum Gasteiger partial charge on any atom is -0.354 e. The number of thiophene rings is 1. The summed E-state index contributed by atoms with van der Waals surface area (Å²) in [6, 6.07) is 2.85. The predicted molar refractivity (Wildman–Crippen MR) is 63.9 cm³/mol. The summed E-state index contributed by atoms with van der Waals surface area (Å²) >= 11 is 1.14. The van der Waals surface area contributed by atoms with E-state index >= 15 is 0 Å². The Labute approximate surface area is 103 Å². The van der Waals surface area contributed by atoms with Gasteiger partial charge in [-0.1, -0.05) is 0 Å². The lowest BCUT2D eigenvalue weighted by Gasteiger charge is -2.09. The maximum atomic E-state index is 11.9. The van der Waals surface area contributed by atoms with Crippen LogP contribution in [0.2, 0.25) is 0 Å². The summed E-state index contributed by atoms with van der Waals surface area (Å²) < 4.78 is 26.6. The zero-order chi connectivity index (χ0) is 12.5. The molecule has 1 aliphatic heterocycles. The lowest BCUT2D eigenvalue weighted by atomic mass is 10.3. The average molecular weight is 275 g/mol. The van der Waals surface area contributed by atoms with Gasteiger partial charge in [0.1, 0.15) is 4.21 Å². The first kappa shape index (κ1) is 12.5. The molecule has 0 aromatic carbocycles. The van der Waals surface area contributed by atoms with Crippen LogP contribution in [0, 0.1) is 0 Å². The third kappa shape index (κ3) is 2.83. The molecule has 1 aliphatic rings. The third-order valence-corrected chi connectivity index (χ3v) is 5.52. The van der Waals surface area contributed by atoms with E-state index in [2.05, 4.69) is 10.0 Å². The van der Waals surface area contributed by atoms with Crippen LogP contribution in [0.1, 0.15) is 11.3 Å². The quantitative estimate of drug-likeness (QED) is 0.681. The second-order valence-electron chi connectivity index (χ2n) is 3.75. The molecule has 1 aromatic heterocycles. The van der Waals surface area contributed by atoms with Crippen LogP contribution in [-0.4, -0.2) is 26.9 Å². The number of hydrogen-bond donors (Lipinski definition) is 3. The van der Waals surface area contributed by atoms with Crippen molar-refractivity contribution in [2.45, 2.75) is 23.2 Å². The first-order valence-corrected chi connectivity index (χ1v) is 7.39. The molecule has 1 fully saturated rings. The number of rotatable bonds is 4. The highest BCUT2D eigenvalue weighted by atomic mass is 32.2. The van der Waals surface area contributed by atoms with E-state index in [0.29, 0.717) is 13.1 Å². The van der Waals surface area contributed by atoms with E-state index in [1.54, 1.807) is 6.07 Å². The molecular weight excluding hydrogens is 262 g/mol. The van der Waals surface area contributed by atoms with E-state index in [1.165, 1.54) is 6.07 Å². The van der Waals surface area contributed by atoms with E-state index in [0.717, 1.165) is 16.2 Å². The summed E-state index contributed by atoms with van der Waals surface area (Å²) in [5.41, 5.74) is 5.43. The van der Waals surface area contributed by atoms with Gasteiger partial charge in [0.15, 0.2) is 0 Å². The van der Waals surface area contributed by atoms with Crippen LogP contribution in [0.5, 0.6) is 0 Å². The fourth-order valence-corrected chi connectivity index (χ4v) is 4.07. The molecule has 0 bridgehead atoms. The van der Waals surface area contributed by atoms with Gasteiger partial charge in [0.2, 0.25) is 15.9 Å². The molecule has 2 rings (SSSR count).